The highest BCUT2D eigenvalue weighted by Crippen LogP contribution is 2.12. The van der Waals surface area contributed by atoms with E-state index in [1.807, 2.05) is 0 Å². The molecule has 2 radical (unpaired) electrons. The lowest BCUT2D eigenvalue weighted by Crippen LogP contribution is -2.11. The Kier molecular flexibility index (Phi) is 1.92. The molecule has 2 N–H and O–H groups in total. The molecule has 1 aliphatic carbocycles. The van der Waals surface area contributed by atoms with E-state index in [2.05, 4.69) is 6.42 Å². The van der Waals surface area contributed by atoms with Crippen molar-refractivity contribution >= 4 is 15.8 Å². The van der Waals surface area contributed by atoms with E-state index >= 15 is 0 Å². The Bertz CT molecular complexity index is 337. The van der Waals surface area contributed by atoms with Crippen LogP contribution in [0.2, 0.25) is 0 Å². The van der Waals surface area contributed by atoms with Gasteiger partial charge >= 0.3 is 0 Å². The normalized spacial score (nSPS) is 18.3. The Morgan fingerprint density at radius 3 is 2.55 bits per heavy atom. The SMILES string of the molecule is N=C1C=C[C]C=C1S(=O)(=O)O. The van der Waals surface area contributed by atoms with Gasteiger partial charge in [0.25, 0.3) is 10.1 Å². The molecule has 4 nitrogen and oxygen atoms in total. The predicted molar refractivity (Wildman–Crippen MR) is 39.7 cm³/mol. The van der Waals surface area contributed by atoms with Gasteiger partial charge in [-0.3, -0.25) is 9.96 Å². The molecule has 58 valence electrons. The second kappa shape index (κ2) is 2.60. The second-order valence-corrected chi connectivity index (χ2v) is 3.29. The van der Waals surface area contributed by atoms with E-state index in [1.54, 1.807) is 0 Å². The van der Waals surface area contributed by atoms with E-state index in [4.69, 9.17) is 9.96 Å². The van der Waals surface area contributed by atoms with Crippen molar-refractivity contribution in [1.82, 2.24) is 0 Å². The van der Waals surface area contributed by atoms with Gasteiger partial charge in [0.05, 0.1) is 5.71 Å². The van der Waals surface area contributed by atoms with Gasteiger partial charge in [0, 0.05) is 6.42 Å². The molecule has 0 unspecified atom stereocenters. The van der Waals surface area contributed by atoms with Crippen LogP contribution in [0.1, 0.15) is 0 Å². The minimum atomic E-state index is -4.25. The molecule has 5 heteroatoms. The Balaban J connectivity index is 3.08. The van der Waals surface area contributed by atoms with E-state index in [1.165, 1.54) is 12.2 Å². The fourth-order valence-electron chi connectivity index (χ4n) is 0.629. The van der Waals surface area contributed by atoms with Gasteiger partial charge in [0.1, 0.15) is 4.91 Å². The van der Waals surface area contributed by atoms with Gasteiger partial charge in [-0.2, -0.15) is 8.42 Å². The molecule has 11 heavy (non-hydrogen) atoms. The van der Waals surface area contributed by atoms with Crippen molar-refractivity contribution < 1.29 is 13.0 Å². The molecular formula is C6H5NO3S. The van der Waals surface area contributed by atoms with Crippen LogP contribution in [-0.4, -0.2) is 18.7 Å². The summed E-state index contributed by atoms with van der Waals surface area (Å²) in [5.41, 5.74) is -0.230. The number of nitrogens with one attached hydrogen (secondary N) is 1. The molecule has 1 rings (SSSR count). The molecule has 0 spiro atoms. The quantitative estimate of drug-likeness (QED) is 0.561. The minimum absolute atomic E-state index is 0.230. The zero-order chi connectivity index (χ0) is 8.48. The fraction of sp³-hybridized carbons (Fsp3) is 0. The van der Waals surface area contributed by atoms with Gasteiger partial charge in [-0.15, -0.1) is 0 Å². The summed E-state index contributed by atoms with van der Waals surface area (Å²) in [6.45, 7) is 0. The zero-order valence-corrected chi connectivity index (χ0v) is 6.22. The number of rotatable bonds is 1. The summed E-state index contributed by atoms with van der Waals surface area (Å²) in [7, 11) is -4.25. The lowest BCUT2D eigenvalue weighted by Gasteiger charge is -2.04. The first kappa shape index (κ1) is 8.16. The molecule has 0 saturated heterocycles. The van der Waals surface area contributed by atoms with E-state index < -0.39 is 15.0 Å². The smallest absolute Gasteiger partial charge is 0.296 e. The van der Waals surface area contributed by atoms with Crippen molar-refractivity contribution in [2.75, 3.05) is 0 Å². The van der Waals surface area contributed by atoms with Crippen LogP contribution in [-0.2, 0) is 10.1 Å². The van der Waals surface area contributed by atoms with Crippen molar-refractivity contribution in [3.63, 3.8) is 0 Å². The molecule has 0 heterocycles. The monoisotopic (exact) mass is 171 g/mol. The molecular weight excluding hydrogens is 166 g/mol. The molecule has 0 bridgehead atoms. The van der Waals surface area contributed by atoms with Crippen molar-refractivity contribution in [3.8, 4) is 0 Å². The molecule has 0 amide bonds. The highest BCUT2D eigenvalue weighted by Gasteiger charge is 2.18. The van der Waals surface area contributed by atoms with Crippen LogP contribution < -0.4 is 0 Å². The number of allylic oxidation sites excluding steroid dienone is 4. The third kappa shape index (κ3) is 1.75. The summed E-state index contributed by atoms with van der Waals surface area (Å²) < 4.78 is 29.4. The van der Waals surface area contributed by atoms with E-state index in [0.29, 0.717) is 0 Å². The fourth-order valence-corrected chi connectivity index (χ4v) is 1.19. The van der Waals surface area contributed by atoms with Crippen LogP contribution in [0.15, 0.2) is 23.1 Å². The van der Waals surface area contributed by atoms with Crippen LogP contribution in [0.4, 0.5) is 0 Å². The molecule has 0 aromatic carbocycles. The maximum Gasteiger partial charge on any atom is 0.296 e. The summed E-state index contributed by atoms with van der Waals surface area (Å²) in [4.78, 5) is -0.417. The highest BCUT2D eigenvalue weighted by atomic mass is 32.2. The average Bonchev–Trinajstić information content (AvgIpc) is 1.86. The van der Waals surface area contributed by atoms with E-state index in [0.717, 1.165) is 6.08 Å². The Morgan fingerprint density at radius 1 is 1.55 bits per heavy atom. The average molecular weight is 171 g/mol. The lowest BCUT2D eigenvalue weighted by atomic mass is 10.2. The van der Waals surface area contributed by atoms with Crippen LogP contribution in [0.5, 0.6) is 0 Å². The van der Waals surface area contributed by atoms with Crippen molar-refractivity contribution in [3.05, 3.63) is 29.6 Å². The summed E-state index contributed by atoms with van der Waals surface area (Å²) in [5.74, 6) is 0. The maximum atomic E-state index is 10.5. The maximum absolute atomic E-state index is 10.5. The van der Waals surface area contributed by atoms with E-state index in [-0.39, 0.29) is 5.71 Å². The first-order chi connectivity index (χ1) is 5.02. The Labute approximate surface area is 64.5 Å². The summed E-state index contributed by atoms with van der Waals surface area (Å²) in [6, 6.07) is 0. The zero-order valence-electron chi connectivity index (χ0n) is 5.40. The Hall–Kier alpha value is -0.940. The third-order valence-electron chi connectivity index (χ3n) is 1.10. The first-order valence-electron chi connectivity index (χ1n) is 2.71. The number of hydrogen-bond donors (Lipinski definition) is 2. The van der Waals surface area contributed by atoms with Crippen LogP contribution in [0.25, 0.3) is 0 Å². The summed E-state index contributed by atoms with van der Waals surface area (Å²) in [5, 5.41) is 7.07. The second-order valence-electron chi connectivity index (χ2n) is 1.90. The van der Waals surface area contributed by atoms with Gasteiger partial charge in [-0.1, -0.05) is 6.08 Å². The van der Waals surface area contributed by atoms with Gasteiger partial charge in [0.15, 0.2) is 0 Å². The van der Waals surface area contributed by atoms with Gasteiger partial charge < -0.3 is 0 Å². The summed E-state index contributed by atoms with van der Waals surface area (Å²) in [6.07, 6.45) is 6.14. The van der Waals surface area contributed by atoms with Crippen LogP contribution in [0, 0.1) is 11.8 Å². The van der Waals surface area contributed by atoms with Crippen LogP contribution >= 0.6 is 0 Å². The van der Waals surface area contributed by atoms with Gasteiger partial charge in [-0.05, 0) is 12.2 Å². The van der Waals surface area contributed by atoms with Gasteiger partial charge in [0.2, 0.25) is 0 Å². The standard InChI is InChI=1S/C6H5NO3S/c7-5-3-1-2-4-6(5)11(8,9)10/h1,3-4,7H,(H,8,9,10). The topological polar surface area (TPSA) is 78.2 Å². The molecule has 0 aromatic heterocycles. The molecule has 0 aromatic rings. The summed E-state index contributed by atoms with van der Waals surface area (Å²) >= 11 is 0. The van der Waals surface area contributed by atoms with Crippen molar-refractivity contribution in [2.45, 2.75) is 0 Å². The molecule has 1 aliphatic rings. The molecule has 0 aliphatic heterocycles. The van der Waals surface area contributed by atoms with Gasteiger partial charge in [-0.25, -0.2) is 0 Å². The molecule has 0 saturated carbocycles. The van der Waals surface area contributed by atoms with Crippen LogP contribution in [0.3, 0.4) is 0 Å². The predicted octanol–water partition coefficient (Wildman–Crippen LogP) is 0.429. The first-order valence-corrected chi connectivity index (χ1v) is 4.15. The molecule has 0 fully saturated rings. The largest absolute Gasteiger partial charge is 0.299 e. The minimum Gasteiger partial charge on any atom is -0.299 e. The third-order valence-corrected chi connectivity index (χ3v) is 2.00. The Morgan fingerprint density at radius 2 is 2.18 bits per heavy atom. The lowest BCUT2D eigenvalue weighted by molar-refractivity contribution is 0.493. The molecule has 0 atom stereocenters. The number of hydrogen-bond acceptors (Lipinski definition) is 3. The highest BCUT2D eigenvalue weighted by molar-refractivity contribution is 7.90. The van der Waals surface area contributed by atoms with Crippen molar-refractivity contribution in [2.24, 2.45) is 0 Å². The van der Waals surface area contributed by atoms with Crippen molar-refractivity contribution in [1.29, 1.82) is 5.41 Å². The van der Waals surface area contributed by atoms with E-state index in [9.17, 15) is 8.42 Å².